The van der Waals surface area contributed by atoms with Crippen molar-refractivity contribution >= 4 is 27.3 Å². The smallest absolute Gasteiger partial charge is 0.225 e. The molecule has 3 aromatic rings. The van der Waals surface area contributed by atoms with E-state index in [0.717, 1.165) is 32.6 Å². The van der Waals surface area contributed by atoms with Gasteiger partial charge in [0.2, 0.25) is 5.88 Å². The predicted molar refractivity (Wildman–Crippen MR) is 80.2 cm³/mol. The minimum Gasteiger partial charge on any atom is -0.367 e. The van der Waals surface area contributed by atoms with Crippen LogP contribution < -0.4 is 5.73 Å². The van der Waals surface area contributed by atoms with Crippen LogP contribution in [0, 0.1) is 11.7 Å². The molecule has 0 atom stereocenters. The van der Waals surface area contributed by atoms with Gasteiger partial charge in [-0.3, -0.25) is 0 Å². The summed E-state index contributed by atoms with van der Waals surface area (Å²) in [6.45, 7) is 4.24. The van der Waals surface area contributed by atoms with E-state index in [1.165, 1.54) is 23.5 Å². The maximum Gasteiger partial charge on any atom is 0.225 e. The van der Waals surface area contributed by atoms with Crippen LogP contribution in [0.4, 0.5) is 10.3 Å². The summed E-state index contributed by atoms with van der Waals surface area (Å²) >= 11 is 1.50. The van der Waals surface area contributed by atoms with Crippen LogP contribution >= 0.6 is 11.3 Å². The van der Waals surface area contributed by atoms with Gasteiger partial charge in [0, 0.05) is 10.3 Å². The highest BCUT2D eigenvalue weighted by atomic mass is 32.1. The second-order valence-electron chi connectivity index (χ2n) is 5.26. The number of nitrogen functional groups attached to an aromatic ring is 1. The Hall–Kier alpha value is -1.88. The summed E-state index contributed by atoms with van der Waals surface area (Å²) in [5, 5.41) is 5.08. The number of halogens is 1. The molecule has 0 aliphatic heterocycles. The third kappa shape index (κ3) is 2.29. The zero-order valence-corrected chi connectivity index (χ0v) is 12.1. The van der Waals surface area contributed by atoms with Gasteiger partial charge in [-0.05, 0) is 35.9 Å². The molecule has 0 fully saturated rings. The maximum atomic E-state index is 13.3. The average molecular weight is 290 g/mol. The molecule has 0 spiro atoms. The summed E-state index contributed by atoms with van der Waals surface area (Å²) in [7, 11) is 0. The lowest BCUT2D eigenvalue weighted by Gasteiger charge is -2.03. The Morgan fingerprint density at radius 3 is 2.90 bits per heavy atom. The topological polar surface area (TPSA) is 52.0 Å². The van der Waals surface area contributed by atoms with Gasteiger partial charge in [0.05, 0.1) is 4.88 Å². The van der Waals surface area contributed by atoms with Gasteiger partial charge in [0.25, 0.3) is 0 Å². The Balaban J connectivity index is 2.11. The molecule has 3 rings (SSSR count). The summed E-state index contributed by atoms with van der Waals surface area (Å²) in [5.41, 5.74) is 7.57. The van der Waals surface area contributed by atoms with Crippen molar-refractivity contribution in [3.8, 4) is 10.6 Å². The summed E-state index contributed by atoms with van der Waals surface area (Å²) in [6.07, 6.45) is 0.813. The van der Waals surface area contributed by atoms with Crippen LogP contribution in [0.1, 0.15) is 19.4 Å². The quantitative estimate of drug-likeness (QED) is 0.774. The molecule has 2 heterocycles. The lowest BCUT2D eigenvalue weighted by molar-refractivity contribution is 0.438. The first kappa shape index (κ1) is 13.1. The molecule has 0 unspecified atom stereocenters. The van der Waals surface area contributed by atoms with Gasteiger partial charge < -0.3 is 10.3 Å². The third-order valence-corrected chi connectivity index (χ3v) is 4.25. The first-order valence-electron chi connectivity index (χ1n) is 6.48. The molecular formula is C15H15FN2OS. The zero-order valence-electron chi connectivity index (χ0n) is 11.3. The van der Waals surface area contributed by atoms with Crippen molar-refractivity contribution in [2.75, 3.05) is 5.73 Å². The number of benzene rings is 1. The Morgan fingerprint density at radius 1 is 1.35 bits per heavy atom. The third-order valence-electron chi connectivity index (χ3n) is 3.15. The van der Waals surface area contributed by atoms with E-state index < -0.39 is 0 Å². The van der Waals surface area contributed by atoms with Crippen molar-refractivity contribution < 1.29 is 8.91 Å². The van der Waals surface area contributed by atoms with E-state index in [0.29, 0.717) is 11.8 Å². The molecule has 2 N–H and O–H groups in total. The van der Waals surface area contributed by atoms with Gasteiger partial charge in [-0.25, -0.2) is 4.39 Å². The normalized spacial score (nSPS) is 11.6. The van der Waals surface area contributed by atoms with Crippen molar-refractivity contribution in [3.05, 3.63) is 35.6 Å². The van der Waals surface area contributed by atoms with Gasteiger partial charge in [-0.2, -0.15) is 0 Å². The minimum atomic E-state index is -0.229. The molecule has 0 aliphatic carbocycles. The predicted octanol–water partition coefficient (Wildman–Crippen LogP) is 4.48. The van der Waals surface area contributed by atoms with Crippen LogP contribution in [-0.2, 0) is 6.42 Å². The number of fused-ring (bicyclic) bond motifs is 1. The highest BCUT2D eigenvalue weighted by Gasteiger charge is 2.18. The Morgan fingerprint density at radius 2 is 2.15 bits per heavy atom. The van der Waals surface area contributed by atoms with E-state index >= 15 is 0 Å². The van der Waals surface area contributed by atoms with E-state index in [4.69, 9.17) is 10.3 Å². The minimum absolute atomic E-state index is 0.229. The van der Waals surface area contributed by atoms with Crippen molar-refractivity contribution in [1.82, 2.24) is 5.16 Å². The van der Waals surface area contributed by atoms with Crippen molar-refractivity contribution in [1.29, 1.82) is 0 Å². The number of hydrogen-bond donors (Lipinski definition) is 1. The molecule has 3 nitrogen and oxygen atoms in total. The van der Waals surface area contributed by atoms with Crippen molar-refractivity contribution in [2.24, 2.45) is 5.92 Å². The molecule has 0 aliphatic rings. The number of nitrogens with zero attached hydrogens (tertiary/aromatic N) is 1. The van der Waals surface area contributed by atoms with Crippen LogP contribution in [-0.4, -0.2) is 5.16 Å². The number of anilines is 1. The molecule has 2 aromatic heterocycles. The van der Waals surface area contributed by atoms with Crippen LogP contribution in [0.2, 0.25) is 0 Å². The SMILES string of the molecule is CC(C)Cc1c(-c2cc3ccc(F)cc3s2)noc1N. The Kier molecular flexibility index (Phi) is 3.22. The molecule has 0 amide bonds. The molecule has 104 valence electrons. The molecule has 5 heteroatoms. The molecule has 0 radical (unpaired) electrons. The first-order valence-corrected chi connectivity index (χ1v) is 7.29. The largest absolute Gasteiger partial charge is 0.367 e. The van der Waals surface area contributed by atoms with Gasteiger partial charge >= 0.3 is 0 Å². The monoisotopic (exact) mass is 290 g/mol. The lowest BCUT2D eigenvalue weighted by Crippen LogP contribution is -1.98. The fraction of sp³-hybridized carbons (Fsp3) is 0.267. The van der Waals surface area contributed by atoms with E-state index in [-0.39, 0.29) is 5.82 Å². The zero-order chi connectivity index (χ0) is 14.3. The lowest BCUT2D eigenvalue weighted by atomic mass is 10.0. The van der Waals surface area contributed by atoms with E-state index in [1.54, 1.807) is 6.07 Å². The van der Waals surface area contributed by atoms with Crippen molar-refractivity contribution in [3.63, 3.8) is 0 Å². The van der Waals surface area contributed by atoms with Crippen molar-refractivity contribution in [2.45, 2.75) is 20.3 Å². The number of nitrogens with two attached hydrogens (primary N) is 1. The van der Waals surface area contributed by atoms with Crippen LogP contribution in [0.25, 0.3) is 20.7 Å². The van der Waals surface area contributed by atoms with E-state index in [1.807, 2.05) is 6.07 Å². The number of rotatable bonds is 3. The summed E-state index contributed by atoms with van der Waals surface area (Å²) < 4.78 is 19.3. The molecule has 20 heavy (non-hydrogen) atoms. The Bertz CT molecular complexity index is 760. The summed E-state index contributed by atoms with van der Waals surface area (Å²) in [4.78, 5) is 0.960. The van der Waals surface area contributed by atoms with Gasteiger partial charge in [0.15, 0.2) is 0 Å². The van der Waals surface area contributed by atoms with Gasteiger partial charge in [-0.15, -0.1) is 11.3 Å². The van der Waals surface area contributed by atoms with Crippen LogP contribution in [0.5, 0.6) is 0 Å². The molecule has 0 saturated carbocycles. The fourth-order valence-corrected chi connectivity index (χ4v) is 3.34. The molecular weight excluding hydrogens is 275 g/mol. The summed E-state index contributed by atoms with van der Waals surface area (Å²) in [6, 6.07) is 6.77. The number of thiophene rings is 1. The average Bonchev–Trinajstić information content (AvgIpc) is 2.93. The van der Waals surface area contributed by atoms with Crippen LogP contribution in [0.3, 0.4) is 0 Å². The Labute approximate surface area is 120 Å². The van der Waals surface area contributed by atoms with E-state index in [2.05, 4.69) is 19.0 Å². The van der Waals surface area contributed by atoms with E-state index in [9.17, 15) is 4.39 Å². The highest BCUT2D eigenvalue weighted by Crippen LogP contribution is 2.37. The van der Waals surface area contributed by atoms with Gasteiger partial charge in [-0.1, -0.05) is 25.1 Å². The number of aromatic nitrogens is 1. The van der Waals surface area contributed by atoms with Crippen LogP contribution in [0.15, 0.2) is 28.8 Å². The number of hydrogen-bond acceptors (Lipinski definition) is 4. The highest BCUT2D eigenvalue weighted by molar-refractivity contribution is 7.22. The standard InChI is InChI=1S/C15H15FN2OS/c1-8(2)5-11-14(18-19-15(11)17)13-6-9-3-4-10(16)7-12(9)20-13/h3-4,6-8H,5,17H2,1-2H3. The molecule has 0 saturated heterocycles. The fourth-order valence-electron chi connectivity index (χ4n) is 2.24. The molecule has 0 bridgehead atoms. The second kappa shape index (κ2) is 4.90. The first-order chi connectivity index (χ1) is 9.54. The van der Waals surface area contributed by atoms with Gasteiger partial charge in [0.1, 0.15) is 11.5 Å². The second-order valence-corrected chi connectivity index (χ2v) is 6.35. The molecule has 1 aromatic carbocycles. The summed E-state index contributed by atoms with van der Waals surface area (Å²) in [5.74, 6) is 0.604. The maximum absolute atomic E-state index is 13.3.